The summed E-state index contributed by atoms with van der Waals surface area (Å²) in [5.41, 5.74) is 3.21. The number of rotatable bonds is 9. The Morgan fingerprint density at radius 1 is 0.960 bits per heavy atom. The highest BCUT2D eigenvalue weighted by atomic mass is 32.2. The van der Waals surface area contributed by atoms with Gasteiger partial charge < -0.3 is 0 Å². The number of thioether (sulfide) groups is 1. The minimum Gasteiger partial charge on any atom is -0.212 e. The molecule has 0 radical (unpaired) electrons. The second kappa shape index (κ2) is 9.41. The quantitative estimate of drug-likeness (QED) is 0.598. The van der Waals surface area contributed by atoms with Crippen molar-refractivity contribution in [3.05, 3.63) is 65.2 Å². The molecule has 0 aliphatic carbocycles. The molecule has 0 aliphatic rings. The molecule has 0 N–H and O–H groups in total. The highest BCUT2D eigenvalue weighted by Crippen LogP contribution is 2.20. The minimum atomic E-state index is -3.29. The molecule has 0 aromatic heterocycles. The van der Waals surface area contributed by atoms with Gasteiger partial charge in [0.05, 0.1) is 5.75 Å². The summed E-state index contributed by atoms with van der Waals surface area (Å²) in [4.78, 5) is 1.19. The van der Waals surface area contributed by atoms with Crippen LogP contribution in [0.15, 0.2) is 53.4 Å². The molecule has 0 unspecified atom stereocenters. The number of hydrogen-bond acceptors (Lipinski definition) is 3. The normalized spacial score (nSPS) is 11.8. The van der Waals surface area contributed by atoms with Gasteiger partial charge in [-0.2, -0.15) is 0 Å². The smallest absolute Gasteiger partial charge is 0.212 e. The Kier molecular flexibility index (Phi) is 7.54. The van der Waals surface area contributed by atoms with Crippen molar-refractivity contribution < 1.29 is 8.42 Å². The van der Waals surface area contributed by atoms with Gasteiger partial charge in [-0.1, -0.05) is 54.4 Å². The van der Waals surface area contributed by atoms with E-state index >= 15 is 0 Å². The summed E-state index contributed by atoms with van der Waals surface area (Å²) in [6.45, 7) is 7.20. The molecule has 0 fully saturated rings. The summed E-state index contributed by atoms with van der Waals surface area (Å²) in [6, 6.07) is 16.0. The van der Waals surface area contributed by atoms with Crippen LogP contribution in [0.3, 0.4) is 0 Å². The molecule has 0 aliphatic heterocycles. The first-order valence-electron chi connectivity index (χ1n) is 8.63. The Morgan fingerprint density at radius 3 is 2.32 bits per heavy atom. The van der Waals surface area contributed by atoms with Crippen LogP contribution in [0, 0.1) is 13.8 Å². The SMILES string of the molecule is CCCN(CCSc1cccc(C)c1)S(=O)(=O)Cc1ccc(C)cc1. The van der Waals surface area contributed by atoms with Crippen LogP contribution in [-0.2, 0) is 15.8 Å². The van der Waals surface area contributed by atoms with Gasteiger partial charge in [-0.25, -0.2) is 12.7 Å². The standard InChI is InChI=1S/C20H27NO2S2/c1-4-12-21(13-14-24-20-7-5-6-18(3)15-20)25(22,23)16-19-10-8-17(2)9-11-19/h5-11,15H,4,12-14,16H2,1-3H3. The molecule has 136 valence electrons. The van der Waals surface area contributed by atoms with Crippen molar-refractivity contribution >= 4 is 21.8 Å². The average Bonchev–Trinajstić information content (AvgIpc) is 2.56. The van der Waals surface area contributed by atoms with Gasteiger partial charge in [0.15, 0.2) is 0 Å². The molecule has 2 rings (SSSR count). The topological polar surface area (TPSA) is 37.4 Å². The monoisotopic (exact) mass is 377 g/mol. The molecule has 0 spiro atoms. The van der Waals surface area contributed by atoms with E-state index in [4.69, 9.17) is 0 Å². The summed E-state index contributed by atoms with van der Waals surface area (Å²) >= 11 is 1.71. The third-order valence-electron chi connectivity index (χ3n) is 3.94. The van der Waals surface area contributed by atoms with E-state index in [-0.39, 0.29) is 5.75 Å². The van der Waals surface area contributed by atoms with E-state index in [1.165, 1.54) is 10.5 Å². The van der Waals surface area contributed by atoms with Crippen LogP contribution in [-0.4, -0.2) is 31.6 Å². The van der Waals surface area contributed by atoms with E-state index in [1.54, 1.807) is 16.1 Å². The molecule has 0 atom stereocenters. The first-order chi connectivity index (χ1) is 11.9. The van der Waals surface area contributed by atoms with Crippen molar-refractivity contribution in [1.29, 1.82) is 0 Å². The summed E-state index contributed by atoms with van der Waals surface area (Å²) in [6.07, 6.45) is 0.822. The van der Waals surface area contributed by atoms with E-state index in [0.717, 1.165) is 23.3 Å². The van der Waals surface area contributed by atoms with E-state index in [0.29, 0.717) is 13.1 Å². The molecule has 0 saturated carbocycles. The Balaban J connectivity index is 1.98. The molecule has 25 heavy (non-hydrogen) atoms. The lowest BCUT2D eigenvalue weighted by Gasteiger charge is -2.21. The number of aryl methyl sites for hydroxylation is 2. The number of benzene rings is 2. The van der Waals surface area contributed by atoms with Crippen LogP contribution in [0.4, 0.5) is 0 Å². The van der Waals surface area contributed by atoms with Crippen molar-refractivity contribution in [1.82, 2.24) is 4.31 Å². The second-order valence-electron chi connectivity index (χ2n) is 6.31. The summed E-state index contributed by atoms with van der Waals surface area (Å²) < 4.78 is 27.2. The maximum atomic E-state index is 12.8. The molecule has 0 saturated heterocycles. The molecular weight excluding hydrogens is 350 g/mol. The fourth-order valence-corrected chi connectivity index (χ4v) is 5.33. The van der Waals surface area contributed by atoms with Gasteiger partial charge in [0.1, 0.15) is 0 Å². The van der Waals surface area contributed by atoms with E-state index in [1.807, 2.05) is 44.2 Å². The fourth-order valence-electron chi connectivity index (χ4n) is 2.60. The van der Waals surface area contributed by atoms with Crippen LogP contribution >= 0.6 is 11.8 Å². The van der Waals surface area contributed by atoms with E-state index in [2.05, 4.69) is 25.1 Å². The fraction of sp³-hybridized carbons (Fsp3) is 0.400. The minimum absolute atomic E-state index is 0.0718. The average molecular weight is 378 g/mol. The number of hydrogen-bond donors (Lipinski definition) is 0. The number of nitrogens with zero attached hydrogens (tertiary/aromatic N) is 1. The first kappa shape index (κ1) is 20.0. The molecule has 3 nitrogen and oxygen atoms in total. The zero-order valence-electron chi connectivity index (χ0n) is 15.2. The first-order valence-corrected chi connectivity index (χ1v) is 11.2. The van der Waals surface area contributed by atoms with Crippen LogP contribution in [0.2, 0.25) is 0 Å². The highest BCUT2D eigenvalue weighted by molar-refractivity contribution is 7.99. The predicted molar refractivity (Wildman–Crippen MR) is 108 cm³/mol. The van der Waals surface area contributed by atoms with Gasteiger partial charge in [-0.05, 0) is 38.0 Å². The Bertz CT molecular complexity index is 771. The lowest BCUT2D eigenvalue weighted by molar-refractivity contribution is 0.429. The number of sulfonamides is 1. The Labute approximate surface area is 156 Å². The molecule has 0 amide bonds. The predicted octanol–water partition coefficient (Wildman–Crippen LogP) is 4.64. The lowest BCUT2D eigenvalue weighted by Crippen LogP contribution is -2.34. The van der Waals surface area contributed by atoms with E-state index < -0.39 is 10.0 Å². The van der Waals surface area contributed by atoms with Gasteiger partial charge in [0.25, 0.3) is 0 Å². The largest absolute Gasteiger partial charge is 0.218 e. The highest BCUT2D eigenvalue weighted by Gasteiger charge is 2.21. The van der Waals surface area contributed by atoms with Crippen molar-refractivity contribution in [3.8, 4) is 0 Å². The molecule has 2 aromatic rings. The van der Waals surface area contributed by atoms with Crippen LogP contribution in [0.1, 0.15) is 30.0 Å². The Morgan fingerprint density at radius 2 is 1.68 bits per heavy atom. The van der Waals surface area contributed by atoms with Crippen molar-refractivity contribution in [3.63, 3.8) is 0 Å². The van der Waals surface area contributed by atoms with E-state index in [9.17, 15) is 8.42 Å². The van der Waals surface area contributed by atoms with Crippen molar-refractivity contribution in [2.45, 2.75) is 37.8 Å². The van der Waals surface area contributed by atoms with Gasteiger partial charge in [-0.3, -0.25) is 0 Å². The zero-order chi connectivity index (χ0) is 18.3. The van der Waals surface area contributed by atoms with Gasteiger partial charge in [0, 0.05) is 23.7 Å². The van der Waals surface area contributed by atoms with Crippen molar-refractivity contribution in [2.24, 2.45) is 0 Å². The molecule has 0 bridgehead atoms. The maximum Gasteiger partial charge on any atom is 0.218 e. The third kappa shape index (κ3) is 6.49. The summed E-state index contributed by atoms with van der Waals surface area (Å²) in [7, 11) is -3.29. The summed E-state index contributed by atoms with van der Waals surface area (Å²) in [5, 5.41) is 0. The maximum absolute atomic E-state index is 12.8. The lowest BCUT2D eigenvalue weighted by atomic mass is 10.2. The molecule has 2 aromatic carbocycles. The van der Waals surface area contributed by atoms with Crippen LogP contribution in [0.25, 0.3) is 0 Å². The zero-order valence-corrected chi connectivity index (χ0v) is 16.9. The molecule has 0 heterocycles. The van der Waals surface area contributed by atoms with Crippen molar-refractivity contribution in [2.75, 3.05) is 18.8 Å². The molecular formula is C20H27NO2S2. The van der Waals surface area contributed by atoms with Crippen LogP contribution in [0.5, 0.6) is 0 Å². The third-order valence-corrected chi connectivity index (χ3v) is 6.76. The Hall–Kier alpha value is -1.30. The summed E-state index contributed by atoms with van der Waals surface area (Å²) in [5.74, 6) is 0.832. The van der Waals surface area contributed by atoms with Crippen LogP contribution < -0.4 is 0 Å². The van der Waals surface area contributed by atoms with Gasteiger partial charge in [0.2, 0.25) is 10.0 Å². The van der Waals surface area contributed by atoms with Gasteiger partial charge in [-0.15, -0.1) is 11.8 Å². The second-order valence-corrected chi connectivity index (χ2v) is 9.44. The van der Waals surface area contributed by atoms with Gasteiger partial charge >= 0.3 is 0 Å². The molecule has 5 heteroatoms.